The highest BCUT2D eigenvalue weighted by atomic mass is 16.6. The fourth-order valence-electron chi connectivity index (χ4n) is 0.541. The van der Waals surface area contributed by atoms with Gasteiger partial charge in [-0.25, -0.2) is 4.79 Å². The number of hydrogen-bond donors (Lipinski definition) is 0. The van der Waals surface area contributed by atoms with E-state index in [9.17, 15) is 14.4 Å². The predicted octanol–water partition coefficient (Wildman–Crippen LogP) is 1.00. The third-order valence-corrected chi connectivity index (χ3v) is 1.35. The lowest BCUT2D eigenvalue weighted by atomic mass is 10.3. The molecule has 72 valence electrons. The Balaban J connectivity index is 4.07. The summed E-state index contributed by atoms with van der Waals surface area (Å²) in [6, 6.07) is 0. The average Bonchev–Trinajstić information content (AvgIpc) is 2.01. The lowest BCUT2D eigenvalue weighted by molar-refractivity contribution is -0.157. The number of carbonyl (C=O) groups is 3. The van der Waals surface area contributed by atoms with Crippen molar-refractivity contribution in [3.05, 3.63) is 11.6 Å². The van der Waals surface area contributed by atoms with Crippen molar-refractivity contribution >= 4 is 17.7 Å². The van der Waals surface area contributed by atoms with E-state index < -0.39 is 11.9 Å². The monoisotopic (exact) mass is 184 g/mol. The van der Waals surface area contributed by atoms with Crippen LogP contribution in [0.4, 0.5) is 0 Å². The highest BCUT2D eigenvalue weighted by molar-refractivity contribution is 6.01. The van der Waals surface area contributed by atoms with Crippen LogP contribution in [-0.2, 0) is 19.1 Å². The molecule has 0 aromatic carbocycles. The second-order valence-corrected chi connectivity index (χ2v) is 2.61. The summed E-state index contributed by atoms with van der Waals surface area (Å²) in [4.78, 5) is 32.2. The molecule has 0 amide bonds. The number of allylic oxidation sites excluding steroid dienone is 1. The smallest absolute Gasteiger partial charge is 0.341 e. The molecule has 0 rings (SSSR count). The highest BCUT2D eigenvalue weighted by Crippen LogP contribution is 1.98. The second-order valence-electron chi connectivity index (χ2n) is 2.61. The number of Topliss-reactive ketones (excluding diaryl/α,β-unsaturated/α-hetero) is 1. The lowest BCUT2D eigenvalue weighted by Gasteiger charge is -2.00. The van der Waals surface area contributed by atoms with E-state index >= 15 is 0 Å². The summed E-state index contributed by atoms with van der Waals surface area (Å²) in [5.41, 5.74) is 0.344. The highest BCUT2D eigenvalue weighted by Gasteiger charge is 2.12. The maximum absolute atomic E-state index is 10.9. The Labute approximate surface area is 76.6 Å². The van der Waals surface area contributed by atoms with Gasteiger partial charge in [0.15, 0.2) is 0 Å². The van der Waals surface area contributed by atoms with Crippen LogP contribution in [0.25, 0.3) is 0 Å². The van der Waals surface area contributed by atoms with Crippen LogP contribution in [0.5, 0.6) is 0 Å². The number of ether oxygens (including phenoxy) is 1. The molecule has 0 aliphatic carbocycles. The first-order chi connectivity index (χ1) is 5.97. The first-order valence-corrected chi connectivity index (χ1v) is 3.84. The van der Waals surface area contributed by atoms with Gasteiger partial charge in [0.25, 0.3) is 0 Å². The van der Waals surface area contributed by atoms with Crippen molar-refractivity contribution in [1.29, 1.82) is 0 Å². The first-order valence-electron chi connectivity index (χ1n) is 3.84. The lowest BCUT2D eigenvalue weighted by Crippen LogP contribution is -2.15. The molecule has 0 aliphatic heterocycles. The van der Waals surface area contributed by atoms with Gasteiger partial charge < -0.3 is 4.74 Å². The van der Waals surface area contributed by atoms with E-state index in [1.165, 1.54) is 19.9 Å². The van der Waals surface area contributed by atoms with Crippen molar-refractivity contribution < 1.29 is 19.1 Å². The Morgan fingerprint density at radius 3 is 2.15 bits per heavy atom. The Morgan fingerprint density at radius 2 is 1.77 bits per heavy atom. The molecule has 0 saturated carbocycles. The summed E-state index contributed by atoms with van der Waals surface area (Å²) in [5, 5.41) is 0. The Hall–Kier alpha value is -1.45. The summed E-state index contributed by atoms with van der Waals surface area (Å²) in [5.74, 6) is -1.83. The quantitative estimate of drug-likeness (QED) is 0.373. The summed E-state index contributed by atoms with van der Waals surface area (Å²) in [6.45, 7) is 4.45. The van der Waals surface area contributed by atoms with Gasteiger partial charge in [-0.3, -0.25) is 9.59 Å². The minimum Gasteiger partial charge on any atom is -0.389 e. The molecule has 13 heavy (non-hydrogen) atoms. The number of ketones is 1. The van der Waals surface area contributed by atoms with E-state index in [2.05, 4.69) is 4.74 Å². The van der Waals surface area contributed by atoms with Crippen LogP contribution in [-0.4, -0.2) is 17.7 Å². The van der Waals surface area contributed by atoms with E-state index in [-0.39, 0.29) is 12.2 Å². The SMILES string of the molecule is CC=C(C)C(=O)OC(=O)CC(C)=O. The molecule has 0 unspecified atom stereocenters. The molecule has 0 spiro atoms. The maximum Gasteiger partial charge on any atom is 0.341 e. The van der Waals surface area contributed by atoms with Crippen LogP contribution in [0.3, 0.4) is 0 Å². The van der Waals surface area contributed by atoms with E-state index in [0.717, 1.165) is 0 Å². The molecule has 0 radical (unpaired) electrons. The van der Waals surface area contributed by atoms with E-state index in [0.29, 0.717) is 5.57 Å². The fourth-order valence-corrected chi connectivity index (χ4v) is 0.541. The van der Waals surface area contributed by atoms with Crippen LogP contribution >= 0.6 is 0 Å². The minimum atomic E-state index is -0.807. The Kier molecular flexibility index (Phi) is 4.66. The normalized spacial score (nSPS) is 10.8. The third-order valence-electron chi connectivity index (χ3n) is 1.35. The number of esters is 2. The van der Waals surface area contributed by atoms with Gasteiger partial charge in [-0.05, 0) is 20.8 Å². The summed E-state index contributed by atoms with van der Waals surface area (Å²) < 4.78 is 4.35. The zero-order valence-corrected chi connectivity index (χ0v) is 7.92. The molecule has 0 aromatic rings. The zero-order chi connectivity index (χ0) is 10.4. The Morgan fingerprint density at radius 1 is 1.23 bits per heavy atom. The molecule has 0 saturated heterocycles. The van der Waals surface area contributed by atoms with Gasteiger partial charge in [0.05, 0.1) is 0 Å². The molecule has 0 atom stereocenters. The van der Waals surface area contributed by atoms with Crippen LogP contribution in [0.1, 0.15) is 27.2 Å². The molecule has 0 heterocycles. The molecular weight excluding hydrogens is 172 g/mol. The number of hydrogen-bond acceptors (Lipinski definition) is 4. The molecule has 0 aromatic heterocycles. The van der Waals surface area contributed by atoms with Gasteiger partial charge in [0, 0.05) is 5.57 Å². The van der Waals surface area contributed by atoms with Crippen molar-refractivity contribution in [3.63, 3.8) is 0 Å². The Bertz CT molecular complexity index is 263. The van der Waals surface area contributed by atoms with Crippen LogP contribution in [0.2, 0.25) is 0 Å². The largest absolute Gasteiger partial charge is 0.389 e. The molecule has 4 nitrogen and oxygen atoms in total. The topological polar surface area (TPSA) is 60.4 Å². The van der Waals surface area contributed by atoms with Crippen molar-refractivity contribution in [2.24, 2.45) is 0 Å². The second kappa shape index (κ2) is 5.24. The molecule has 0 fully saturated rings. The summed E-state index contributed by atoms with van der Waals surface area (Å²) in [7, 11) is 0. The van der Waals surface area contributed by atoms with Gasteiger partial charge in [-0.15, -0.1) is 0 Å². The molecule has 0 aliphatic rings. The third kappa shape index (κ3) is 4.90. The van der Waals surface area contributed by atoms with E-state index in [4.69, 9.17) is 0 Å². The van der Waals surface area contributed by atoms with Gasteiger partial charge in [-0.2, -0.15) is 0 Å². The summed E-state index contributed by atoms with van der Waals surface area (Å²) >= 11 is 0. The molecule has 4 heteroatoms. The molecule has 0 bridgehead atoms. The maximum atomic E-state index is 10.9. The van der Waals surface area contributed by atoms with Crippen LogP contribution < -0.4 is 0 Å². The number of rotatable bonds is 3. The predicted molar refractivity (Wildman–Crippen MR) is 45.8 cm³/mol. The molecule has 0 N–H and O–H groups in total. The molecular formula is C9H12O4. The van der Waals surface area contributed by atoms with Crippen molar-refractivity contribution in [2.75, 3.05) is 0 Å². The average molecular weight is 184 g/mol. The van der Waals surface area contributed by atoms with Gasteiger partial charge in [0.1, 0.15) is 12.2 Å². The van der Waals surface area contributed by atoms with Crippen LogP contribution in [0.15, 0.2) is 11.6 Å². The van der Waals surface area contributed by atoms with Crippen molar-refractivity contribution in [3.8, 4) is 0 Å². The van der Waals surface area contributed by atoms with E-state index in [1.807, 2.05) is 0 Å². The van der Waals surface area contributed by atoms with Crippen molar-refractivity contribution in [2.45, 2.75) is 27.2 Å². The van der Waals surface area contributed by atoms with Gasteiger partial charge in [0.2, 0.25) is 0 Å². The van der Waals surface area contributed by atoms with E-state index in [1.54, 1.807) is 6.92 Å². The van der Waals surface area contributed by atoms with Gasteiger partial charge >= 0.3 is 11.9 Å². The minimum absolute atomic E-state index is 0.323. The number of carbonyl (C=O) groups excluding carboxylic acids is 3. The van der Waals surface area contributed by atoms with Gasteiger partial charge in [-0.1, -0.05) is 6.08 Å². The van der Waals surface area contributed by atoms with Crippen molar-refractivity contribution in [1.82, 2.24) is 0 Å². The zero-order valence-electron chi connectivity index (χ0n) is 7.92. The fraction of sp³-hybridized carbons (Fsp3) is 0.444. The first kappa shape index (κ1) is 11.6. The summed E-state index contributed by atoms with van der Waals surface area (Å²) in [6.07, 6.45) is 1.17. The standard InChI is InChI=1S/C9H12O4/c1-4-6(2)9(12)13-8(11)5-7(3)10/h4H,5H2,1-3H3. The van der Waals surface area contributed by atoms with Crippen LogP contribution in [0, 0.1) is 0 Å².